The monoisotopic (exact) mass is 403 g/mol. The Balaban J connectivity index is 1.83. The highest BCUT2D eigenvalue weighted by molar-refractivity contribution is 6.31. The molecule has 0 fully saturated rings. The van der Waals surface area contributed by atoms with E-state index in [2.05, 4.69) is 25.7 Å². The minimum Gasteiger partial charge on any atom is -0.464 e. The van der Waals surface area contributed by atoms with Gasteiger partial charge in [0, 0.05) is 11.2 Å². The van der Waals surface area contributed by atoms with Gasteiger partial charge in [-0.3, -0.25) is 9.89 Å². The van der Waals surface area contributed by atoms with E-state index in [0.29, 0.717) is 21.7 Å². The number of carbonyl (C=O) groups excluding carboxylic acids is 2. The van der Waals surface area contributed by atoms with Crippen LogP contribution < -0.4 is 5.32 Å². The van der Waals surface area contributed by atoms with Crippen molar-refractivity contribution in [1.82, 2.24) is 25.7 Å². The summed E-state index contributed by atoms with van der Waals surface area (Å²) in [7, 11) is 0. The van der Waals surface area contributed by atoms with Gasteiger partial charge < -0.3 is 15.2 Å². The van der Waals surface area contributed by atoms with Gasteiger partial charge in [-0.2, -0.15) is 0 Å². The SMILES string of the molecule is CCOC(=O)C(O)C(Cc1ccccc1Cl)NC(=O)c1cnc2nn[nH]c2c1. The van der Waals surface area contributed by atoms with Gasteiger partial charge in [-0.15, -0.1) is 5.10 Å². The molecule has 1 amide bonds. The van der Waals surface area contributed by atoms with Crippen LogP contribution >= 0.6 is 11.6 Å². The molecule has 2 heterocycles. The van der Waals surface area contributed by atoms with E-state index in [1.54, 1.807) is 31.2 Å². The molecule has 2 aromatic heterocycles. The number of aromatic amines is 1. The van der Waals surface area contributed by atoms with Crippen LogP contribution in [0, 0.1) is 0 Å². The van der Waals surface area contributed by atoms with Crippen LogP contribution in [0.2, 0.25) is 5.02 Å². The van der Waals surface area contributed by atoms with Crippen molar-refractivity contribution < 1.29 is 19.4 Å². The molecule has 0 saturated heterocycles. The number of pyridine rings is 1. The summed E-state index contributed by atoms with van der Waals surface area (Å²) in [6.45, 7) is 1.74. The zero-order chi connectivity index (χ0) is 20.1. The number of ether oxygens (including phenoxy) is 1. The molecule has 28 heavy (non-hydrogen) atoms. The van der Waals surface area contributed by atoms with Crippen molar-refractivity contribution in [2.45, 2.75) is 25.5 Å². The van der Waals surface area contributed by atoms with Crippen LogP contribution in [0.25, 0.3) is 11.2 Å². The highest BCUT2D eigenvalue weighted by Crippen LogP contribution is 2.18. The number of nitrogens with zero attached hydrogens (tertiary/aromatic N) is 3. The number of benzene rings is 1. The van der Waals surface area contributed by atoms with Crippen molar-refractivity contribution in [3.63, 3.8) is 0 Å². The molecule has 2 atom stereocenters. The third kappa shape index (κ3) is 4.44. The summed E-state index contributed by atoms with van der Waals surface area (Å²) < 4.78 is 4.88. The second-order valence-electron chi connectivity index (χ2n) is 5.98. The fourth-order valence-electron chi connectivity index (χ4n) is 2.66. The number of aliphatic hydroxyl groups excluding tert-OH is 1. The van der Waals surface area contributed by atoms with Gasteiger partial charge in [0.2, 0.25) is 5.65 Å². The van der Waals surface area contributed by atoms with Gasteiger partial charge in [0.05, 0.1) is 18.2 Å². The Morgan fingerprint density at radius 3 is 2.89 bits per heavy atom. The van der Waals surface area contributed by atoms with Gasteiger partial charge in [0.1, 0.15) is 5.52 Å². The minimum atomic E-state index is -1.56. The zero-order valence-electron chi connectivity index (χ0n) is 14.9. The number of carbonyl (C=O) groups is 2. The number of aromatic nitrogens is 4. The Morgan fingerprint density at radius 1 is 1.36 bits per heavy atom. The fourth-order valence-corrected chi connectivity index (χ4v) is 2.87. The number of nitrogens with one attached hydrogen (secondary N) is 2. The number of H-pyrrole nitrogens is 1. The van der Waals surface area contributed by atoms with Crippen molar-refractivity contribution >= 4 is 34.6 Å². The van der Waals surface area contributed by atoms with Crippen LogP contribution in [0.3, 0.4) is 0 Å². The number of esters is 1. The van der Waals surface area contributed by atoms with Crippen molar-refractivity contribution in [3.8, 4) is 0 Å². The molecular weight excluding hydrogens is 386 g/mol. The Hall–Kier alpha value is -3.04. The van der Waals surface area contributed by atoms with Crippen LogP contribution in [-0.2, 0) is 16.0 Å². The maximum Gasteiger partial charge on any atom is 0.337 e. The van der Waals surface area contributed by atoms with E-state index in [1.165, 1.54) is 12.3 Å². The summed E-state index contributed by atoms with van der Waals surface area (Å²) in [5.41, 5.74) is 1.75. The molecule has 9 nitrogen and oxygen atoms in total. The molecule has 0 aliphatic heterocycles. The Morgan fingerprint density at radius 2 is 2.14 bits per heavy atom. The first kappa shape index (κ1) is 19.7. The molecule has 3 rings (SSSR count). The lowest BCUT2D eigenvalue weighted by molar-refractivity contribution is -0.154. The molecule has 146 valence electrons. The van der Waals surface area contributed by atoms with Crippen molar-refractivity contribution in [2.24, 2.45) is 0 Å². The number of hydrogen-bond acceptors (Lipinski definition) is 7. The first-order valence-corrected chi connectivity index (χ1v) is 8.93. The van der Waals surface area contributed by atoms with E-state index in [0.717, 1.165) is 0 Å². The van der Waals surface area contributed by atoms with Crippen molar-refractivity contribution in [2.75, 3.05) is 6.61 Å². The highest BCUT2D eigenvalue weighted by Gasteiger charge is 2.30. The second kappa shape index (κ2) is 8.77. The smallest absolute Gasteiger partial charge is 0.337 e. The molecule has 0 aliphatic rings. The average molecular weight is 404 g/mol. The first-order chi connectivity index (χ1) is 13.5. The summed E-state index contributed by atoms with van der Waals surface area (Å²) in [5, 5.41) is 23.5. The van der Waals surface area contributed by atoms with E-state index in [-0.39, 0.29) is 18.6 Å². The van der Waals surface area contributed by atoms with Crippen LogP contribution in [-0.4, -0.2) is 56.1 Å². The topological polar surface area (TPSA) is 130 Å². The summed E-state index contributed by atoms with van der Waals surface area (Å²) in [6.07, 6.45) is -0.0958. The second-order valence-corrected chi connectivity index (χ2v) is 6.39. The molecule has 0 spiro atoms. The summed E-state index contributed by atoms with van der Waals surface area (Å²) in [6, 6.07) is 7.56. The number of halogens is 1. The maximum absolute atomic E-state index is 12.7. The summed E-state index contributed by atoms with van der Waals surface area (Å²) >= 11 is 6.18. The van der Waals surface area contributed by atoms with E-state index in [4.69, 9.17) is 16.3 Å². The predicted octanol–water partition coefficient (Wildman–Crippen LogP) is 1.27. The fraction of sp³-hybridized carbons (Fsp3) is 0.278. The molecule has 2 unspecified atom stereocenters. The first-order valence-electron chi connectivity index (χ1n) is 8.55. The summed E-state index contributed by atoms with van der Waals surface area (Å²) in [5.74, 6) is -1.35. The molecule has 0 saturated carbocycles. The lowest BCUT2D eigenvalue weighted by atomic mass is 10.0. The Labute approximate surface area is 165 Å². The standard InChI is InChI=1S/C18H18ClN5O4/c1-2-28-18(27)15(25)13(7-10-5-3-4-6-12(10)19)21-17(26)11-8-14-16(20-9-11)23-24-22-14/h3-6,8-9,13,15,25H,2,7H2,1H3,(H,21,26)(H,20,22,23,24). The third-order valence-corrected chi connectivity index (χ3v) is 4.44. The van der Waals surface area contributed by atoms with E-state index in [1.807, 2.05) is 0 Å². The zero-order valence-corrected chi connectivity index (χ0v) is 15.7. The lowest BCUT2D eigenvalue weighted by Crippen LogP contribution is -2.49. The van der Waals surface area contributed by atoms with Crippen molar-refractivity contribution in [3.05, 3.63) is 52.7 Å². The minimum absolute atomic E-state index is 0.107. The number of fused-ring (bicyclic) bond motifs is 1. The molecule has 0 bridgehead atoms. The van der Waals surface area contributed by atoms with Gasteiger partial charge in [-0.05, 0) is 31.0 Å². The van der Waals surface area contributed by atoms with Crippen LogP contribution in [0.4, 0.5) is 0 Å². The molecule has 1 aromatic carbocycles. The van der Waals surface area contributed by atoms with E-state index >= 15 is 0 Å². The van der Waals surface area contributed by atoms with Crippen LogP contribution in [0.15, 0.2) is 36.5 Å². The van der Waals surface area contributed by atoms with E-state index in [9.17, 15) is 14.7 Å². The van der Waals surface area contributed by atoms with E-state index < -0.39 is 24.0 Å². The largest absolute Gasteiger partial charge is 0.464 e. The molecular formula is C18H18ClN5O4. The third-order valence-electron chi connectivity index (χ3n) is 4.07. The highest BCUT2D eigenvalue weighted by atomic mass is 35.5. The predicted molar refractivity (Wildman–Crippen MR) is 101 cm³/mol. The van der Waals surface area contributed by atoms with Gasteiger partial charge >= 0.3 is 5.97 Å². The molecule has 3 N–H and O–H groups in total. The van der Waals surface area contributed by atoms with Crippen LogP contribution in [0.5, 0.6) is 0 Å². The van der Waals surface area contributed by atoms with Gasteiger partial charge in [-0.1, -0.05) is 35.0 Å². The van der Waals surface area contributed by atoms with Gasteiger partial charge in [-0.25, -0.2) is 9.78 Å². The van der Waals surface area contributed by atoms with Gasteiger partial charge in [0.25, 0.3) is 5.91 Å². The Kier molecular flexibility index (Phi) is 6.17. The summed E-state index contributed by atoms with van der Waals surface area (Å²) in [4.78, 5) is 28.7. The number of rotatable bonds is 7. The quantitative estimate of drug-likeness (QED) is 0.506. The van der Waals surface area contributed by atoms with Crippen LogP contribution in [0.1, 0.15) is 22.8 Å². The molecule has 3 aromatic rings. The maximum atomic E-state index is 12.7. The van der Waals surface area contributed by atoms with Crippen molar-refractivity contribution in [1.29, 1.82) is 0 Å². The number of hydrogen-bond donors (Lipinski definition) is 3. The molecule has 0 radical (unpaired) electrons. The van der Waals surface area contributed by atoms with Gasteiger partial charge in [0.15, 0.2) is 6.10 Å². The molecule has 10 heteroatoms. The average Bonchev–Trinajstić information content (AvgIpc) is 3.16. The molecule has 0 aliphatic carbocycles. The number of aliphatic hydroxyl groups is 1. The lowest BCUT2D eigenvalue weighted by Gasteiger charge is -2.23. The number of amides is 1. The normalized spacial score (nSPS) is 13.1. The Bertz CT molecular complexity index is 993.